The van der Waals surface area contributed by atoms with E-state index in [0.29, 0.717) is 24.7 Å². The van der Waals surface area contributed by atoms with E-state index in [-0.39, 0.29) is 12.0 Å². The number of aromatic nitrogens is 3. The van der Waals surface area contributed by atoms with Gasteiger partial charge in [0.15, 0.2) is 0 Å². The molecule has 2 aliphatic heterocycles. The molecule has 0 aliphatic carbocycles. The molecule has 2 aliphatic rings. The molecular weight excluding hydrogens is 330 g/mol. The summed E-state index contributed by atoms with van der Waals surface area (Å²) in [5, 5.41) is 0. The van der Waals surface area contributed by atoms with Gasteiger partial charge in [-0.05, 0) is 31.4 Å². The highest BCUT2D eigenvalue weighted by atomic mass is 16.5. The van der Waals surface area contributed by atoms with Crippen LogP contribution in [0.3, 0.4) is 0 Å². The third kappa shape index (κ3) is 3.52. The number of carbonyl (C=O) groups is 1. The molecule has 0 radical (unpaired) electrons. The van der Waals surface area contributed by atoms with Crippen molar-refractivity contribution in [1.29, 1.82) is 0 Å². The third-order valence-electron chi connectivity index (χ3n) is 5.19. The van der Waals surface area contributed by atoms with Crippen LogP contribution < -0.4 is 9.64 Å². The van der Waals surface area contributed by atoms with Crippen LogP contribution in [0.25, 0.3) is 0 Å². The van der Waals surface area contributed by atoms with Gasteiger partial charge in [-0.2, -0.15) is 0 Å². The molecule has 138 valence electrons. The van der Waals surface area contributed by atoms with Gasteiger partial charge in [-0.3, -0.25) is 4.79 Å². The molecule has 1 amide bonds. The molecule has 1 atom stereocenters. The van der Waals surface area contributed by atoms with Crippen LogP contribution in [0.4, 0.5) is 5.82 Å². The first-order valence-electron chi connectivity index (χ1n) is 9.35. The fraction of sp³-hybridized carbons (Fsp3) is 0.526. The predicted octanol–water partition coefficient (Wildman–Crippen LogP) is 2.10. The first kappa shape index (κ1) is 16.9. The zero-order chi connectivity index (χ0) is 17.9. The van der Waals surface area contributed by atoms with E-state index in [1.54, 1.807) is 6.33 Å². The maximum atomic E-state index is 12.6. The first-order valence-corrected chi connectivity index (χ1v) is 9.35. The minimum Gasteiger partial charge on any atom is -0.472 e. The van der Waals surface area contributed by atoms with Crippen molar-refractivity contribution in [3.8, 4) is 5.88 Å². The molecule has 7 nitrogen and oxygen atoms in total. The van der Waals surface area contributed by atoms with Gasteiger partial charge in [0.1, 0.15) is 23.9 Å². The van der Waals surface area contributed by atoms with Gasteiger partial charge in [0.05, 0.1) is 6.54 Å². The number of piperidine rings is 1. The second kappa shape index (κ2) is 7.35. The van der Waals surface area contributed by atoms with E-state index in [0.717, 1.165) is 25.3 Å². The Hall–Kier alpha value is -2.57. The fourth-order valence-corrected chi connectivity index (χ4v) is 3.72. The van der Waals surface area contributed by atoms with Crippen molar-refractivity contribution in [2.45, 2.75) is 31.8 Å². The van der Waals surface area contributed by atoms with Crippen molar-refractivity contribution in [3.05, 3.63) is 36.4 Å². The molecule has 2 aromatic heterocycles. The summed E-state index contributed by atoms with van der Waals surface area (Å²) in [4.78, 5) is 25.4. The molecule has 2 saturated heterocycles. The monoisotopic (exact) mass is 355 g/mol. The number of rotatable bonds is 4. The van der Waals surface area contributed by atoms with Crippen LogP contribution in [-0.4, -0.2) is 57.6 Å². The normalized spacial score (nSPS) is 20.4. The van der Waals surface area contributed by atoms with Crippen molar-refractivity contribution < 1.29 is 9.53 Å². The number of carbonyl (C=O) groups excluding carboxylic acids is 1. The highest BCUT2D eigenvalue weighted by molar-refractivity contribution is 5.93. The second-order valence-electron chi connectivity index (χ2n) is 7.05. The standard InChI is InChI=1S/C19H25N5O2/c1-22-8-5-6-16(22)19(25)24-11-7-15(13-24)26-18-12-17(20-14-21-18)23-9-3-2-4-10-23/h5-6,8,12,14-15H,2-4,7,9-11,13H2,1H3/t15-/m1/s1. The van der Waals surface area contributed by atoms with Gasteiger partial charge in [0.25, 0.3) is 5.91 Å². The molecule has 0 spiro atoms. The summed E-state index contributed by atoms with van der Waals surface area (Å²) in [6.45, 7) is 3.38. The fourth-order valence-electron chi connectivity index (χ4n) is 3.72. The number of nitrogens with zero attached hydrogens (tertiary/aromatic N) is 5. The lowest BCUT2D eigenvalue weighted by Gasteiger charge is -2.27. The molecule has 0 saturated carbocycles. The number of likely N-dealkylation sites (tertiary alicyclic amines) is 1. The van der Waals surface area contributed by atoms with Crippen LogP contribution in [0.1, 0.15) is 36.2 Å². The van der Waals surface area contributed by atoms with E-state index >= 15 is 0 Å². The zero-order valence-corrected chi connectivity index (χ0v) is 15.2. The number of hydrogen-bond acceptors (Lipinski definition) is 5. The zero-order valence-electron chi connectivity index (χ0n) is 15.2. The van der Waals surface area contributed by atoms with Crippen LogP contribution in [0.15, 0.2) is 30.7 Å². The Bertz CT molecular complexity index is 769. The van der Waals surface area contributed by atoms with Gasteiger partial charge in [0, 0.05) is 45.4 Å². The quantitative estimate of drug-likeness (QED) is 0.840. The number of anilines is 1. The summed E-state index contributed by atoms with van der Waals surface area (Å²) >= 11 is 0. The Labute approximate surface area is 153 Å². The molecule has 0 aromatic carbocycles. The van der Waals surface area contributed by atoms with E-state index in [1.165, 1.54) is 19.3 Å². The molecule has 26 heavy (non-hydrogen) atoms. The molecule has 0 N–H and O–H groups in total. The highest BCUT2D eigenvalue weighted by Crippen LogP contribution is 2.23. The van der Waals surface area contributed by atoms with Crippen molar-refractivity contribution in [1.82, 2.24) is 19.4 Å². The minimum absolute atomic E-state index is 0.0247. The second-order valence-corrected chi connectivity index (χ2v) is 7.05. The summed E-state index contributed by atoms with van der Waals surface area (Å²) in [6.07, 6.45) is 7.96. The molecule has 4 rings (SSSR count). The Morgan fingerprint density at radius 3 is 2.81 bits per heavy atom. The summed E-state index contributed by atoms with van der Waals surface area (Å²) in [7, 11) is 1.89. The number of ether oxygens (including phenoxy) is 1. The first-order chi connectivity index (χ1) is 12.7. The van der Waals surface area contributed by atoms with Gasteiger partial charge in [-0.25, -0.2) is 9.97 Å². The van der Waals surface area contributed by atoms with Crippen molar-refractivity contribution >= 4 is 11.7 Å². The smallest absolute Gasteiger partial charge is 0.270 e. The Morgan fingerprint density at radius 1 is 1.19 bits per heavy atom. The van der Waals surface area contributed by atoms with E-state index in [4.69, 9.17) is 4.74 Å². The topological polar surface area (TPSA) is 63.5 Å². The van der Waals surface area contributed by atoms with Gasteiger partial charge < -0.3 is 19.1 Å². The predicted molar refractivity (Wildman–Crippen MR) is 98.4 cm³/mol. The molecular formula is C19H25N5O2. The van der Waals surface area contributed by atoms with Crippen LogP contribution >= 0.6 is 0 Å². The van der Waals surface area contributed by atoms with E-state index < -0.39 is 0 Å². The van der Waals surface area contributed by atoms with E-state index in [1.807, 2.05) is 40.9 Å². The SMILES string of the molecule is Cn1cccc1C(=O)N1CC[C@@H](Oc2cc(N3CCCCC3)ncn2)C1. The van der Waals surface area contributed by atoms with Crippen LogP contribution in [0.5, 0.6) is 5.88 Å². The average molecular weight is 355 g/mol. The summed E-state index contributed by atoms with van der Waals surface area (Å²) in [5.74, 6) is 1.59. The van der Waals surface area contributed by atoms with E-state index in [2.05, 4.69) is 14.9 Å². The van der Waals surface area contributed by atoms with Crippen molar-refractivity contribution in [3.63, 3.8) is 0 Å². The van der Waals surface area contributed by atoms with Crippen molar-refractivity contribution in [2.24, 2.45) is 7.05 Å². The lowest BCUT2D eigenvalue weighted by atomic mass is 10.1. The highest BCUT2D eigenvalue weighted by Gasteiger charge is 2.29. The molecule has 2 aromatic rings. The average Bonchev–Trinajstić information content (AvgIpc) is 3.31. The van der Waals surface area contributed by atoms with Gasteiger partial charge >= 0.3 is 0 Å². The largest absolute Gasteiger partial charge is 0.472 e. The summed E-state index contributed by atoms with van der Waals surface area (Å²) < 4.78 is 7.91. The Morgan fingerprint density at radius 2 is 2.04 bits per heavy atom. The molecule has 2 fully saturated rings. The van der Waals surface area contributed by atoms with Gasteiger partial charge in [-0.1, -0.05) is 0 Å². The third-order valence-corrected chi connectivity index (χ3v) is 5.19. The van der Waals surface area contributed by atoms with Gasteiger partial charge in [0.2, 0.25) is 5.88 Å². The molecule has 4 heterocycles. The van der Waals surface area contributed by atoms with Crippen LogP contribution in [-0.2, 0) is 7.05 Å². The lowest BCUT2D eigenvalue weighted by Crippen LogP contribution is -2.32. The number of amides is 1. The molecule has 7 heteroatoms. The summed E-state index contributed by atoms with van der Waals surface area (Å²) in [6, 6.07) is 5.67. The van der Waals surface area contributed by atoms with E-state index in [9.17, 15) is 4.79 Å². The maximum absolute atomic E-state index is 12.6. The number of hydrogen-bond donors (Lipinski definition) is 0. The number of aryl methyl sites for hydroxylation is 1. The van der Waals surface area contributed by atoms with Gasteiger partial charge in [-0.15, -0.1) is 0 Å². The van der Waals surface area contributed by atoms with Crippen LogP contribution in [0, 0.1) is 0 Å². The lowest BCUT2D eigenvalue weighted by molar-refractivity contribution is 0.0762. The maximum Gasteiger partial charge on any atom is 0.270 e. The Kier molecular flexibility index (Phi) is 4.77. The summed E-state index contributed by atoms with van der Waals surface area (Å²) in [5.41, 5.74) is 0.708. The van der Waals surface area contributed by atoms with Crippen molar-refractivity contribution in [2.75, 3.05) is 31.1 Å². The molecule has 0 unspecified atom stereocenters. The Balaban J connectivity index is 1.38. The van der Waals surface area contributed by atoms with Crippen LogP contribution in [0.2, 0.25) is 0 Å². The minimum atomic E-state index is -0.0247. The molecule has 0 bridgehead atoms.